The third-order valence-corrected chi connectivity index (χ3v) is 2.72. The number of halogens is 1. The molecular weight excluding hydrogens is 262 g/mol. The van der Waals surface area contributed by atoms with Crippen LogP contribution in [0, 0.1) is 11.8 Å². The highest BCUT2D eigenvalue weighted by Gasteiger charge is 2.07. The van der Waals surface area contributed by atoms with Crippen molar-refractivity contribution in [3.05, 3.63) is 58.9 Å². The van der Waals surface area contributed by atoms with E-state index < -0.39 is 0 Å². The molecule has 1 aromatic carbocycles. The van der Waals surface area contributed by atoms with Gasteiger partial charge in [-0.1, -0.05) is 29.7 Å². The van der Waals surface area contributed by atoms with Crippen molar-refractivity contribution in [2.24, 2.45) is 0 Å². The van der Waals surface area contributed by atoms with Gasteiger partial charge in [-0.3, -0.25) is 4.79 Å². The zero-order chi connectivity index (χ0) is 13.7. The van der Waals surface area contributed by atoms with E-state index in [0.717, 1.165) is 0 Å². The smallest absolute Gasteiger partial charge is 0.239 e. The molecule has 19 heavy (non-hydrogen) atoms. The van der Waals surface area contributed by atoms with E-state index in [9.17, 15) is 4.79 Å². The normalized spacial score (nSPS) is 9.37. The summed E-state index contributed by atoms with van der Waals surface area (Å²) in [5, 5.41) is 0.154. The number of methoxy groups -OCH3 is 1. The molecule has 1 heterocycles. The van der Waals surface area contributed by atoms with Gasteiger partial charge in [0.05, 0.1) is 18.2 Å². The fourth-order valence-corrected chi connectivity index (χ4v) is 1.70. The Labute approximate surface area is 116 Å². The molecule has 0 fully saturated rings. The Hall–Kier alpha value is -2.31. The van der Waals surface area contributed by atoms with E-state index in [1.54, 1.807) is 31.4 Å². The van der Waals surface area contributed by atoms with Gasteiger partial charge in [0.15, 0.2) is 0 Å². The summed E-state index contributed by atoms with van der Waals surface area (Å²) in [5.41, 5.74) is 0.949. The van der Waals surface area contributed by atoms with Crippen LogP contribution in [-0.2, 0) is 0 Å². The highest BCUT2D eigenvalue weighted by Crippen LogP contribution is 2.16. The van der Waals surface area contributed by atoms with E-state index in [0.29, 0.717) is 16.9 Å². The Balaban J connectivity index is 2.30. The van der Waals surface area contributed by atoms with Crippen LogP contribution in [0.3, 0.4) is 0 Å². The number of benzene rings is 1. The first kappa shape index (κ1) is 13.1. The Bertz CT molecular complexity index is 671. The second kappa shape index (κ2) is 6.03. The Morgan fingerprint density at radius 2 is 2.05 bits per heavy atom. The van der Waals surface area contributed by atoms with Crippen molar-refractivity contribution in [3.63, 3.8) is 0 Å². The lowest BCUT2D eigenvalue weighted by molar-refractivity contribution is 0.105. The van der Waals surface area contributed by atoms with Gasteiger partial charge in [-0.25, -0.2) is 4.98 Å². The maximum absolute atomic E-state index is 11.9. The van der Waals surface area contributed by atoms with Crippen molar-refractivity contribution >= 4 is 17.4 Å². The SMILES string of the molecule is COc1ccccc1C#CC(=O)c1cccnc1Cl. The molecule has 2 rings (SSSR count). The first-order valence-electron chi connectivity index (χ1n) is 5.52. The van der Waals surface area contributed by atoms with Gasteiger partial charge >= 0.3 is 0 Å². The van der Waals surface area contributed by atoms with Crippen LogP contribution < -0.4 is 4.74 Å². The van der Waals surface area contributed by atoms with Gasteiger partial charge < -0.3 is 4.74 Å². The quantitative estimate of drug-likeness (QED) is 0.479. The minimum Gasteiger partial charge on any atom is -0.495 e. The maximum atomic E-state index is 11.9. The zero-order valence-corrected chi connectivity index (χ0v) is 10.9. The van der Waals surface area contributed by atoms with Crippen LogP contribution >= 0.6 is 11.6 Å². The average Bonchev–Trinajstić information content (AvgIpc) is 2.45. The van der Waals surface area contributed by atoms with Crippen molar-refractivity contribution < 1.29 is 9.53 Å². The summed E-state index contributed by atoms with van der Waals surface area (Å²) in [6.07, 6.45) is 1.52. The fraction of sp³-hybridized carbons (Fsp3) is 0.0667. The van der Waals surface area contributed by atoms with Crippen LogP contribution in [0.25, 0.3) is 0 Å². The first-order valence-corrected chi connectivity index (χ1v) is 5.90. The largest absolute Gasteiger partial charge is 0.495 e. The number of aromatic nitrogens is 1. The number of carbonyl (C=O) groups excluding carboxylic acids is 1. The molecular formula is C15H10ClNO2. The van der Waals surface area contributed by atoms with Gasteiger partial charge in [0.2, 0.25) is 5.78 Å². The fourth-order valence-electron chi connectivity index (χ4n) is 1.49. The minimum atomic E-state index is -0.371. The van der Waals surface area contributed by atoms with E-state index in [2.05, 4.69) is 16.8 Å². The summed E-state index contributed by atoms with van der Waals surface area (Å²) in [7, 11) is 1.56. The molecule has 0 N–H and O–H groups in total. The van der Waals surface area contributed by atoms with E-state index in [4.69, 9.17) is 16.3 Å². The van der Waals surface area contributed by atoms with Gasteiger partial charge in [-0.2, -0.15) is 0 Å². The zero-order valence-electron chi connectivity index (χ0n) is 10.2. The Morgan fingerprint density at radius 3 is 2.79 bits per heavy atom. The van der Waals surface area contributed by atoms with Gasteiger partial charge in [0.25, 0.3) is 0 Å². The number of rotatable bonds is 2. The summed E-state index contributed by atoms with van der Waals surface area (Å²) in [6, 6.07) is 10.5. The molecule has 4 heteroatoms. The molecule has 0 spiro atoms. The van der Waals surface area contributed by atoms with E-state index in [1.807, 2.05) is 12.1 Å². The third-order valence-electron chi connectivity index (χ3n) is 2.42. The van der Waals surface area contributed by atoms with Crippen LogP contribution in [0.4, 0.5) is 0 Å². The highest BCUT2D eigenvalue weighted by molar-refractivity contribution is 6.33. The predicted molar refractivity (Wildman–Crippen MR) is 73.4 cm³/mol. The molecule has 0 aliphatic carbocycles. The summed E-state index contributed by atoms with van der Waals surface area (Å²) >= 11 is 5.83. The van der Waals surface area contributed by atoms with Crippen LogP contribution in [0.15, 0.2) is 42.6 Å². The molecule has 0 bridgehead atoms. The molecule has 0 radical (unpaired) electrons. The number of pyridine rings is 1. The van der Waals surface area contributed by atoms with E-state index >= 15 is 0 Å². The maximum Gasteiger partial charge on any atom is 0.239 e. The van der Waals surface area contributed by atoms with Gasteiger partial charge in [-0.05, 0) is 30.2 Å². The molecule has 0 saturated carbocycles. The van der Waals surface area contributed by atoms with Crippen LogP contribution in [0.1, 0.15) is 15.9 Å². The van der Waals surface area contributed by atoms with Gasteiger partial charge in [0.1, 0.15) is 10.9 Å². The number of carbonyl (C=O) groups is 1. The van der Waals surface area contributed by atoms with Crippen LogP contribution in [0.2, 0.25) is 5.15 Å². The molecule has 0 aliphatic rings. The number of Topliss-reactive ketones (excluding diaryl/α,β-unsaturated/α-hetero) is 1. The Morgan fingerprint density at radius 1 is 1.26 bits per heavy atom. The molecule has 0 unspecified atom stereocenters. The molecule has 0 aliphatic heterocycles. The van der Waals surface area contributed by atoms with Crippen molar-refractivity contribution in [1.29, 1.82) is 0 Å². The molecule has 3 nitrogen and oxygen atoms in total. The second-order valence-electron chi connectivity index (χ2n) is 3.62. The standard InChI is InChI=1S/C15H10ClNO2/c1-19-14-7-3-2-5-11(14)8-9-13(18)12-6-4-10-17-15(12)16/h2-7,10H,1H3. The lowest BCUT2D eigenvalue weighted by Gasteiger charge is -2.01. The Kier molecular flexibility index (Phi) is 4.17. The topological polar surface area (TPSA) is 39.2 Å². The van der Waals surface area contributed by atoms with Crippen molar-refractivity contribution in [2.45, 2.75) is 0 Å². The molecule has 94 valence electrons. The van der Waals surface area contributed by atoms with E-state index in [-0.39, 0.29) is 10.9 Å². The van der Waals surface area contributed by atoms with Gasteiger partial charge in [-0.15, -0.1) is 0 Å². The number of ether oxygens (including phenoxy) is 1. The number of ketones is 1. The summed E-state index contributed by atoms with van der Waals surface area (Å²) in [4.78, 5) is 15.7. The van der Waals surface area contributed by atoms with Gasteiger partial charge in [0, 0.05) is 6.20 Å². The lowest BCUT2D eigenvalue weighted by atomic mass is 10.1. The third kappa shape index (κ3) is 3.12. The molecule has 2 aromatic rings. The number of para-hydroxylation sites is 1. The van der Waals surface area contributed by atoms with E-state index in [1.165, 1.54) is 6.20 Å². The van der Waals surface area contributed by atoms with Crippen molar-refractivity contribution in [1.82, 2.24) is 4.98 Å². The lowest BCUT2D eigenvalue weighted by Crippen LogP contribution is -1.97. The summed E-state index contributed by atoms with van der Waals surface area (Å²) in [6.45, 7) is 0. The molecule has 0 amide bonds. The first-order chi connectivity index (χ1) is 9.22. The molecule has 0 saturated heterocycles. The van der Waals surface area contributed by atoms with Crippen molar-refractivity contribution in [3.8, 4) is 17.6 Å². The van der Waals surface area contributed by atoms with Crippen molar-refractivity contribution in [2.75, 3.05) is 7.11 Å². The van der Waals surface area contributed by atoms with Crippen LogP contribution in [0.5, 0.6) is 5.75 Å². The van der Waals surface area contributed by atoms with Crippen LogP contribution in [-0.4, -0.2) is 17.9 Å². The number of hydrogen-bond acceptors (Lipinski definition) is 3. The average molecular weight is 272 g/mol. The predicted octanol–water partition coefficient (Wildman–Crippen LogP) is 2.98. The number of hydrogen-bond donors (Lipinski definition) is 0. The minimum absolute atomic E-state index is 0.154. The molecule has 0 atom stereocenters. The second-order valence-corrected chi connectivity index (χ2v) is 3.98. The molecule has 1 aromatic heterocycles. The monoisotopic (exact) mass is 271 g/mol. The highest BCUT2D eigenvalue weighted by atomic mass is 35.5. The summed E-state index contributed by atoms with van der Waals surface area (Å²) in [5.74, 6) is 5.57. The summed E-state index contributed by atoms with van der Waals surface area (Å²) < 4.78 is 5.15. The number of nitrogens with zero attached hydrogens (tertiary/aromatic N) is 1.